The lowest BCUT2D eigenvalue weighted by Crippen LogP contribution is -2.68. The lowest BCUT2D eigenvalue weighted by Gasteiger charge is -2.51. The number of piperidine rings is 2. The molecule has 1 aromatic heterocycles. The molecule has 15 heteroatoms. The van der Waals surface area contributed by atoms with Gasteiger partial charge in [-0.05, 0) is 73.6 Å². The largest absolute Gasteiger partial charge is 0.481 e. The van der Waals surface area contributed by atoms with Crippen molar-refractivity contribution in [2.75, 3.05) is 26.7 Å². The third kappa shape index (κ3) is 8.39. The molecule has 9 nitrogen and oxygen atoms in total. The summed E-state index contributed by atoms with van der Waals surface area (Å²) in [4.78, 5) is 51.5. The second-order valence-corrected chi connectivity index (χ2v) is 13.7. The average Bonchev–Trinajstić information content (AvgIpc) is 3.14. The van der Waals surface area contributed by atoms with Gasteiger partial charge in [0.05, 0.1) is 22.7 Å². The van der Waals surface area contributed by atoms with Crippen LogP contribution in [0.15, 0.2) is 72.0 Å². The number of benzene rings is 2. The van der Waals surface area contributed by atoms with Crippen LogP contribution in [-0.4, -0.2) is 82.2 Å². The number of alkyl halides is 6. The van der Waals surface area contributed by atoms with Gasteiger partial charge in [-0.3, -0.25) is 24.4 Å². The summed E-state index contributed by atoms with van der Waals surface area (Å²) in [5, 5.41) is 9.36. The number of carbonyl (C=O) groups excluding carboxylic acids is 2. The van der Waals surface area contributed by atoms with Gasteiger partial charge in [0.2, 0.25) is 5.60 Å². The van der Waals surface area contributed by atoms with Gasteiger partial charge in [0.25, 0.3) is 11.8 Å². The van der Waals surface area contributed by atoms with Crippen LogP contribution >= 0.6 is 0 Å². The number of carbonyl (C=O) groups is 3. The van der Waals surface area contributed by atoms with Crippen LogP contribution in [0, 0.1) is 0 Å². The zero-order valence-electron chi connectivity index (χ0n) is 29.9. The number of aliphatic carboxylic acids is 1. The number of aliphatic imine (C=N–C) groups is 1. The van der Waals surface area contributed by atoms with Gasteiger partial charge in [0, 0.05) is 63.5 Å². The number of pyridine rings is 1. The molecule has 0 aliphatic carbocycles. The lowest BCUT2D eigenvalue weighted by molar-refractivity contribution is -0.160. The maximum Gasteiger partial charge on any atom is 0.417 e. The predicted molar refractivity (Wildman–Crippen MR) is 187 cm³/mol. The third-order valence-corrected chi connectivity index (χ3v) is 10.4. The van der Waals surface area contributed by atoms with Gasteiger partial charge in [0.15, 0.2) is 0 Å². The summed E-state index contributed by atoms with van der Waals surface area (Å²) in [7, 11) is 1.63. The van der Waals surface area contributed by atoms with Crippen LogP contribution in [0.2, 0.25) is 0 Å². The fourth-order valence-corrected chi connectivity index (χ4v) is 7.85. The van der Waals surface area contributed by atoms with E-state index in [2.05, 4.69) is 9.98 Å². The highest BCUT2D eigenvalue weighted by atomic mass is 19.4. The Kier molecular flexibility index (Phi) is 12.1. The molecule has 2 saturated heterocycles. The second-order valence-electron chi connectivity index (χ2n) is 13.7. The Morgan fingerprint density at radius 3 is 2.26 bits per heavy atom. The molecule has 2 amide bonds. The highest BCUT2D eigenvalue weighted by molar-refractivity contribution is 5.97. The van der Waals surface area contributed by atoms with E-state index >= 15 is 4.79 Å². The number of carboxylic acids is 1. The lowest BCUT2D eigenvalue weighted by atomic mass is 9.71. The van der Waals surface area contributed by atoms with Gasteiger partial charge >= 0.3 is 18.3 Å². The van der Waals surface area contributed by atoms with E-state index in [4.69, 9.17) is 4.74 Å². The third-order valence-electron chi connectivity index (χ3n) is 10.4. The number of carboxylic acid groups (broad SMARTS) is 1. The van der Waals surface area contributed by atoms with Crippen LogP contribution in [0.3, 0.4) is 0 Å². The number of amides is 2. The van der Waals surface area contributed by atoms with Crippen molar-refractivity contribution >= 4 is 24.0 Å². The first kappa shape index (κ1) is 40.2. The number of ether oxygens (including phenoxy) is 1. The summed E-state index contributed by atoms with van der Waals surface area (Å²) in [6.07, 6.45) is -4.26. The predicted octanol–water partition coefficient (Wildman–Crippen LogP) is 7.62. The first-order chi connectivity index (χ1) is 25.6. The fraction of sp³-hybridized carbons (Fsp3) is 0.462. The second kappa shape index (κ2) is 16.2. The van der Waals surface area contributed by atoms with Gasteiger partial charge in [0.1, 0.15) is 5.75 Å². The van der Waals surface area contributed by atoms with E-state index in [0.717, 1.165) is 47.8 Å². The number of aryl methyl sites for hydroxylation is 1. The standard InChI is InChI=1S/C39H42F6N4O5/c1-3-7-32-37(54-28-13-11-27(12-14-28)38(40,41)42,17-6-21-49(32)34(52)29-24-47-20-16-31(29)39(43,44)45)35(53)48-22-18-36(19-23-48,25-46-2)30-9-5-4-8-26(30)10-15-33(50)51/h4-5,8-9,11-14,16,20,24-25,32H,3,6-7,10,15,17-19,21-23H2,1-2H3,(H,50,51)/t32-,37+/m1/s1. The highest BCUT2D eigenvalue weighted by Gasteiger charge is 2.56. The van der Waals surface area contributed by atoms with Crippen LogP contribution < -0.4 is 4.74 Å². The average molecular weight is 761 g/mol. The number of likely N-dealkylation sites (tertiary alicyclic amines) is 2. The minimum absolute atomic E-state index is 0.00426. The molecule has 0 radical (unpaired) electrons. The Hall–Kier alpha value is -4.95. The summed E-state index contributed by atoms with van der Waals surface area (Å²) in [6.45, 7) is 2.13. The van der Waals surface area contributed by atoms with Gasteiger partial charge < -0.3 is 19.6 Å². The molecular formula is C39H42F6N4O5. The number of nitrogens with zero attached hydrogens (tertiary/aromatic N) is 4. The van der Waals surface area contributed by atoms with Crippen molar-refractivity contribution in [3.05, 3.63) is 94.8 Å². The quantitative estimate of drug-likeness (QED) is 0.159. The molecule has 0 unspecified atom stereocenters. The Bertz CT molecular complexity index is 1840. The molecule has 2 fully saturated rings. The molecule has 54 heavy (non-hydrogen) atoms. The minimum atomic E-state index is -4.87. The van der Waals surface area contributed by atoms with E-state index < -0.39 is 63.9 Å². The summed E-state index contributed by atoms with van der Waals surface area (Å²) in [5.74, 6) is -2.54. The number of halogens is 6. The SMILES string of the molecule is CCC[C@H]1N(C(=O)c2cnccc2C(F)(F)F)CCC[C@@]1(Oc1ccc(C(F)(F)F)cc1)C(=O)N1CCC(C=NC)(c2ccccc2CCC(=O)O)CC1. The van der Waals surface area contributed by atoms with Crippen molar-refractivity contribution in [3.63, 3.8) is 0 Å². The Morgan fingerprint density at radius 2 is 1.65 bits per heavy atom. The van der Waals surface area contributed by atoms with E-state index in [1.807, 2.05) is 24.3 Å². The number of hydrogen-bond acceptors (Lipinski definition) is 6. The summed E-state index contributed by atoms with van der Waals surface area (Å²) in [5.41, 5.74) is -3.62. The van der Waals surface area contributed by atoms with Crippen molar-refractivity contribution in [2.24, 2.45) is 4.99 Å². The minimum Gasteiger partial charge on any atom is -0.481 e. The topological polar surface area (TPSA) is 112 Å². The van der Waals surface area contributed by atoms with E-state index in [9.17, 15) is 41.0 Å². The van der Waals surface area contributed by atoms with E-state index in [1.165, 1.54) is 4.90 Å². The normalized spacial score (nSPS) is 20.6. The van der Waals surface area contributed by atoms with Gasteiger partial charge in [-0.25, -0.2) is 0 Å². The molecule has 1 N–H and O–H groups in total. The monoisotopic (exact) mass is 760 g/mol. The maximum atomic E-state index is 15.1. The van der Waals surface area contributed by atoms with Crippen molar-refractivity contribution in [3.8, 4) is 5.75 Å². The first-order valence-corrected chi connectivity index (χ1v) is 17.8. The number of hydrogen-bond donors (Lipinski definition) is 1. The van der Waals surface area contributed by atoms with Gasteiger partial charge in [-0.2, -0.15) is 26.3 Å². The number of rotatable bonds is 11. The molecule has 2 aliphatic rings. The van der Waals surface area contributed by atoms with E-state index in [-0.39, 0.29) is 57.5 Å². The Morgan fingerprint density at radius 1 is 0.963 bits per heavy atom. The molecule has 3 heterocycles. The molecule has 0 spiro atoms. The summed E-state index contributed by atoms with van der Waals surface area (Å²) in [6, 6.07) is 10.9. The molecule has 0 bridgehead atoms. The first-order valence-electron chi connectivity index (χ1n) is 17.8. The van der Waals surface area contributed by atoms with E-state index in [1.54, 1.807) is 25.1 Å². The smallest absolute Gasteiger partial charge is 0.417 e. The van der Waals surface area contributed by atoms with Gasteiger partial charge in [-0.1, -0.05) is 37.6 Å². The zero-order chi connectivity index (χ0) is 39.3. The fourth-order valence-electron chi connectivity index (χ4n) is 7.85. The summed E-state index contributed by atoms with van der Waals surface area (Å²) >= 11 is 0. The maximum absolute atomic E-state index is 15.1. The molecule has 5 rings (SSSR count). The zero-order valence-corrected chi connectivity index (χ0v) is 29.9. The molecular weight excluding hydrogens is 718 g/mol. The number of aromatic nitrogens is 1. The molecule has 2 aromatic carbocycles. The molecule has 2 aliphatic heterocycles. The molecule has 0 saturated carbocycles. The highest BCUT2D eigenvalue weighted by Crippen LogP contribution is 2.43. The van der Waals surface area contributed by atoms with Crippen molar-refractivity contribution in [1.29, 1.82) is 0 Å². The molecule has 3 aromatic rings. The van der Waals surface area contributed by atoms with Crippen LogP contribution in [0.4, 0.5) is 26.3 Å². The van der Waals surface area contributed by atoms with Crippen LogP contribution in [-0.2, 0) is 33.8 Å². The molecule has 290 valence electrons. The molecule has 2 atom stereocenters. The van der Waals surface area contributed by atoms with Crippen molar-refractivity contribution in [1.82, 2.24) is 14.8 Å². The van der Waals surface area contributed by atoms with Crippen LogP contribution in [0.25, 0.3) is 0 Å². The summed E-state index contributed by atoms with van der Waals surface area (Å²) < 4.78 is 89.2. The Labute approximate surface area is 309 Å². The van der Waals surface area contributed by atoms with E-state index in [0.29, 0.717) is 25.3 Å². The Balaban J connectivity index is 1.55. The van der Waals surface area contributed by atoms with Crippen molar-refractivity contribution < 1.29 is 50.6 Å². The van der Waals surface area contributed by atoms with Crippen molar-refractivity contribution in [2.45, 2.75) is 87.7 Å². The van der Waals surface area contributed by atoms with Gasteiger partial charge in [-0.15, -0.1) is 0 Å². The van der Waals surface area contributed by atoms with Crippen LogP contribution in [0.1, 0.15) is 84.5 Å². The van der Waals surface area contributed by atoms with Crippen LogP contribution in [0.5, 0.6) is 5.75 Å².